The lowest BCUT2D eigenvalue weighted by Crippen LogP contribution is -2.33. The van der Waals surface area contributed by atoms with Gasteiger partial charge in [0.2, 0.25) is 0 Å². The van der Waals surface area contributed by atoms with Gasteiger partial charge in [-0.1, -0.05) is 42.5 Å². The Morgan fingerprint density at radius 1 is 1.19 bits per heavy atom. The van der Waals surface area contributed by atoms with Crippen LogP contribution in [0.3, 0.4) is 0 Å². The Morgan fingerprint density at radius 2 is 2.03 bits per heavy atom. The normalized spacial score (nSPS) is 28.2. The van der Waals surface area contributed by atoms with Crippen LogP contribution in [0.1, 0.15) is 56.9 Å². The van der Waals surface area contributed by atoms with Crippen LogP contribution in [0.15, 0.2) is 42.5 Å². The van der Waals surface area contributed by atoms with Crippen LogP contribution in [0.4, 0.5) is 0 Å². The number of hydrogen-bond donors (Lipinski definition) is 0. The minimum atomic E-state index is -0.157. The zero-order valence-electron chi connectivity index (χ0n) is 19.1. The minimum Gasteiger partial charge on any atom is -0.469 e. The maximum atomic E-state index is 11.2. The van der Waals surface area contributed by atoms with Crippen molar-refractivity contribution in [3.05, 3.63) is 48.0 Å². The van der Waals surface area contributed by atoms with Gasteiger partial charge in [0.05, 0.1) is 26.4 Å². The third-order valence-electron chi connectivity index (χ3n) is 6.39. The molecule has 1 saturated heterocycles. The number of methoxy groups -OCH3 is 1. The van der Waals surface area contributed by atoms with E-state index in [1.807, 2.05) is 18.2 Å². The largest absolute Gasteiger partial charge is 0.469 e. The molecule has 2 aliphatic rings. The van der Waals surface area contributed by atoms with Crippen molar-refractivity contribution in [1.29, 1.82) is 0 Å². The number of rotatable bonds is 12. The first-order chi connectivity index (χ1) is 15.7. The van der Waals surface area contributed by atoms with Crippen LogP contribution in [0.5, 0.6) is 0 Å². The lowest BCUT2D eigenvalue weighted by molar-refractivity contribution is -0.199. The van der Waals surface area contributed by atoms with E-state index in [1.54, 1.807) is 0 Å². The minimum absolute atomic E-state index is 0.0497. The summed E-state index contributed by atoms with van der Waals surface area (Å²) in [6.45, 7) is 1.98. The number of carbonyl (C=O) groups excluding carboxylic acids is 1. The standard InChI is InChI=1S/C26H37ClO5/c1-29-25(28)14-8-3-2-7-13-21-22(19-30-18-20-11-5-4-6-12-20)24(17-23(21)27)32-26-15-9-10-16-31-26/h2,4-7,11-12,21-24,26H,3,8-10,13-19H2,1H3/t21-,22-,23-,24-,26?/m1/s1. The number of alkyl halides is 1. The molecule has 1 saturated carbocycles. The zero-order chi connectivity index (χ0) is 22.6. The second-order valence-corrected chi connectivity index (χ2v) is 9.29. The molecule has 5 atom stereocenters. The first-order valence-corrected chi connectivity index (χ1v) is 12.4. The van der Waals surface area contributed by atoms with Crippen LogP contribution in [0.2, 0.25) is 0 Å². The van der Waals surface area contributed by atoms with Crippen molar-refractivity contribution in [3.8, 4) is 0 Å². The van der Waals surface area contributed by atoms with Gasteiger partial charge in [0.25, 0.3) is 0 Å². The second-order valence-electron chi connectivity index (χ2n) is 8.73. The van der Waals surface area contributed by atoms with Crippen molar-refractivity contribution in [2.45, 2.75) is 75.7 Å². The Labute approximate surface area is 197 Å². The van der Waals surface area contributed by atoms with E-state index >= 15 is 0 Å². The molecule has 1 unspecified atom stereocenters. The molecule has 0 N–H and O–H groups in total. The van der Waals surface area contributed by atoms with E-state index in [4.69, 9.17) is 30.5 Å². The lowest BCUT2D eigenvalue weighted by Gasteiger charge is -2.30. The van der Waals surface area contributed by atoms with Crippen LogP contribution < -0.4 is 0 Å². The molecule has 1 aliphatic heterocycles. The SMILES string of the molecule is COC(=O)CCCC=CC[C@@H]1[C@@H](COCc2ccccc2)[C@H](OC2CCCCO2)C[C@H]1Cl. The Bertz CT molecular complexity index is 689. The first-order valence-electron chi connectivity index (χ1n) is 11.9. The summed E-state index contributed by atoms with van der Waals surface area (Å²) in [6, 6.07) is 10.2. The maximum Gasteiger partial charge on any atom is 0.305 e. The van der Waals surface area contributed by atoms with Crippen molar-refractivity contribution in [2.75, 3.05) is 20.3 Å². The van der Waals surface area contributed by atoms with Crippen molar-refractivity contribution in [2.24, 2.45) is 11.8 Å². The van der Waals surface area contributed by atoms with E-state index in [-0.39, 0.29) is 35.6 Å². The topological polar surface area (TPSA) is 54.0 Å². The summed E-state index contributed by atoms with van der Waals surface area (Å²) >= 11 is 6.81. The Hall–Kier alpha value is -1.40. The highest BCUT2D eigenvalue weighted by molar-refractivity contribution is 6.21. The molecular weight excluding hydrogens is 428 g/mol. The fraction of sp³-hybridized carbons (Fsp3) is 0.654. The molecule has 0 bridgehead atoms. The number of halogens is 1. The molecule has 6 heteroatoms. The molecule has 178 valence electrons. The molecule has 1 aromatic carbocycles. The molecule has 2 fully saturated rings. The summed E-state index contributed by atoms with van der Waals surface area (Å²) in [4.78, 5) is 11.2. The van der Waals surface area contributed by atoms with Gasteiger partial charge in [0.15, 0.2) is 6.29 Å². The van der Waals surface area contributed by atoms with Gasteiger partial charge in [-0.2, -0.15) is 0 Å². The summed E-state index contributed by atoms with van der Waals surface area (Å²) in [5, 5.41) is 0.0497. The number of esters is 1. The highest BCUT2D eigenvalue weighted by Crippen LogP contribution is 2.41. The van der Waals surface area contributed by atoms with Gasteiger partial charge in [0, 0.05) is 24.3 Å². The van der Waals surface area contributed by atoms with E-state index in [2.05, 4.69) is 24.3 Å². The maximum absolute atomic E-state index is 11.2. The number of unbranched alkanes of at least 4 members (excludes halogenated alkanes) is 1. The molecule has 0 radical (unpaired) electrons. The van der Waals surface area contributed by atoms with Gasteiger partial charge in [-0.15, -0.1) is 11.6 Å². The molecular formula is C26H37ClO5. The molecule has 0 amide bonds. The van der Waals surface area contributed by atoms with Crippen LogP contribution in [0.25, 0.3) is 0 Å². The highest BCUT2D eigenvalue weighted by atomic mass is 35.5. The van der Waals surface area contributed by atoms with Crippen molar-refractivity contribution in [1.82, 2.24) is 0 Å². The lowest BCUT2D eigenvalue weighted by atomic mass is 9.92. The predicted octanol–water partition coefficient (Wildman–Crippen LogP) is 5.65. The Kier molecular flexibility index (Phi) is 11.0. The van der Waals surface area contributed by atoms with Gasteiger partial charge in [-0.25, -0.2) is 0 Å². The van der Waals surface area contributed by atoms with E-state index < -0.39 is 0 Å². The third kappa shape index (κ3) is 8.18. The monoisotopic (exact) mass is 464 g/mol. The van der Waals surface area contributed by atoms with Crippen LogP contribution in [-0.4, -0.2) is 44.1 Å². The first kappa shape index (κ1) is 25.2. The molecule has 1 heterocycles. The summed E-state index contributed by atoms with van der Waals surface area (Å²) < 4.78 is 23.0. The highest BCUT2D eigenvalue weighted by Gasteiger charge is 2.43. The average Bonchev–Trinajstić information content (AvgIpc) is 3.11. The average molecular weight is 465 g/mol. The zero-order valence-corrected chi connectivity index (χ0v) is 19.9. The van der Waals surface area contributed by atoms with Crippen molar-refractivity contribution < 1.29 is 23.7 Å². The summed E-state index contributed by atoms with van der Waals surface area (Å²) in [5.74, 6) is 0.361. The number of hydrogen-bond acceptors (Lipinski definition) is 5. The van der Waals surface area contributed by atoms with E-state index in [0.717, 1.165) is 51.6 Å². The fourth-order valence-electron chi connectivity index (χ4n) is 4.56. The van der Waals surface area contributed by atoms with Crippen LogP contribution in [0, 0.1) is 11.8 Å². The quantitative estimate of drug-likeness (QED) is 0.173. The molecule has 0 spiro atoms. The summed E-state index contributed by atoms with van der Waals surface area (Å²) in [7, 11) is 1.43. The van der Waals surface area contributed by atoms with Gasteiger partial charge >= 0.3 is 5.97 Å². The molecule has 1 aliphatic carbocycles. The van der Waals surface area contributed by atoms with E-state index in [0.29, 0.717) is 19.6 Å². The number of ether oxygens (including phenoxy) is 4. The van der Waals surface area contributed by atoms with Gasteiger partial charge in [-0.05, 0) is 56.4 Å². The van der Waals surface area contributed by atoms with E-state index in [1.165, 1.54) is 12.7 Å². The molecule has 3 rings (SSSR count). The van der Waals surface area contributed by atoms with Gasteiger partial charge in [-0.3, -0.25) is 4.79 Å². The number of carbonyl (C=O) groups is 1. The molecule has 32 heavy (non-hydrogen) atoms. The van der Waals surface area contributed by atoms with Crippen LogP contribution in [-0.2, 0) is 30.3 Å². The van der Waals surface area contributed by atoms with Crippen LogP contribution >= 0.6 is 11.6 Å². The number of benzene rings is 1. The fourth-order valence-corrected chi connectivity index (χ4v) is 5.03. The summed E-state index contributed by atoms with van der Waals surface area (Å²) in [5.41, 5.74) is 1.17. The van der Waals surface area contributed by atoms with Crippen molar-refractivity contribution in [3.63, 3.8) is 0 Å². The van der Waals surface area contributed by atoms with Gasteiger partial charge in [0.1, 0.15) is 0 Å². The van der Waals surface area contributed by atoms with E-state index in [9.17, 15) is 4.79 Å². The molecule has 1 aromatic rings. The Morgan fingerprint density at radius 3 is 2.78 bits per heavy atom. The third-order valence-corrected chi connectivity index (χ3v) is 6.89. The Balaban J connectivity index is 1.54. The number of allylic oxidation sites excluding steroid dienone is 2. The summed E-state index contributed by atoms with van der Waals surface area (Å²) in [6.07, 6.45) is 11.3. The molecule has 0 aromatic heterocycles. The van der Waals surface area contributed by atoms with Crippen molar-refractivity contribution >= 4 is 17.6 Å². The van der Waals surface area contributed by atoms with Gasteiger partial charge < -0.3 is 18.9 Å². The molecule has 5 nitrogen and oxygen atoms in total. The second kappa shape index (κ2) is 14.0. The smallest absolute Gasteiger partial charge is 0.305 e. The predicted molar refractivity (Wildman–Crippen MR) is 125 cm³/mol.